The minimum Gasteiger partial charge on any atom is -0.396 e. The first-order chi connectivity index (χ1) is 4.84. The van der Waals surface area contributed by atoms with Gasteiger partial charge in [0, 0.05) is 19.2 Å². The molecule has 4 N–H and O–H groups in total. The van der Waals surface area contributed by atoms with Crippen molar-refractivity contribution in [3.05, 3.63) is 0 Å². The smallest absolute Gasteiger partial charge is 0.0434 e. The fraction of sp³-hybridized carbons (Fsp3) is 1.00. The molecule has 1 aliphatic heterocycles. The van der Waals surface area contributed by atoms with Gasteiger partial charge < -0.3 is 16.2 Å². The lowest BCUT2D eigenvalue weighted by atomic mass is 9.91. The number of hydrogen-bond acceptors (Lipinski definition) is 3. The number of hydrogen-bond donors (Lipinski definition) is 3. The van der Waals surface area contributed by atoms with Crippen LogP contribution in [0.1, 0.15) is 12.8 Å². The second kappa shape index (κ2) is 3.91. The van der Waals surface area contributed by atoms with E-state index in [0.717, 1.165) is 25.9 Å². The van der Waals surface area contributed by atoms with Gasteiger partial charge in [0.05, 0.1) is 0 Å². The lowest BCUT2D eigenvalue weighted by Gasteiger charge is -2.28. The Hall–Kier alpha value is -0.120. The van der Waals surface area contributed by atoms with Crippen molar-refractivity contribution >= 4 is 0 Å². The van der Waals surface area contributed by atoms with Gasteiger partial charge in [-0.05, 0) is 25.3 Å². The van der Waals surface area contributed by atoms with E-state index in [0.29, 0.717) is 5.92 Å². The minimum absolute atomic E-state index is 0.251. The molecule has 0 aromatic rings. The third-order valence-corrected chi connectivity index (χ3v) is 2.18. The maximum absolute atomic E-state index is 8.66. The van der Waals surface area contributed by atoms with Crippen LogP contribution in [0.4, 0.5) is 0 Å². The molecule has 2 unspecified atom stereocenters. The molecule has 1 saturated heterocycles. The van der Waals surface area contributed by atoms with Crippen LogP contribution in [0.5, 0.6) is 0 Å². The highest BCUT2D eigenvalue weighted by Gasteiger charge is 2.20. The molecule has 60 valence electrons. The van der Waals surface area contributed by atoms with Crippen molar-refractivity contribution in [3.8, 4) is 0 Å². The molecule has 0 spiro atoms. The Balaban J connectivity index is 2.25. The van der Waals surface area contributed by atoms with E-state index < -0.39 is 0 Å². The SMILES string of the molecule is NC1CNCCC1CCO. The summed E-state index contributed by atoms with van der Waals surface area (Å²) in [6.45, 7) is 2.24. The summed E-state index contributed by atoms with van der Waals surface area (Å²) < 4.78 is 0. The second-order valence-electron chi connectivity index (χ2n) is 2.93. The van der Waals surface area contributed by atoms with Crippen LogP contribution in [-0.4, -0.2) is 30.8 Å². The van der Waals surface area contributed by atoms with Gasteiger partial charge in [-0.1, -0.05) is 0 Å². The van der Waals surface area contributed by atoms with Crippen LogP contribution in [0.3, 0.4) is 0 Å². The highest BCUT2D eigenvalue weighted by Crippen LogP contribution is 2.13. The monoisotopic (exact) mass is 144 g/mol. The van der Waals surface area contributed by atoms with Crippen molar-refractivity contribution in [2.24, 2.45) is 11.7 Å². The number of aliphatic hydroxyl groups excluding tert-OH is 1. The minimum atomic E-state index is 0.251. The predicted octanol–water partition coefficient (Wildman–Crippen LogP) is -0.694. The zero-order chi connectivity index (χ0) is 7.40. The van der Waals surface area contributed by atoms with Crippen molar-refractivity contribution in [1.29, 1.82) is 0 Å². The molecule has 0 aromatic carbocycles. The summed E-state index contributed by atoms with van der Waals surface area (Å²) in [6, 6.07) is 0.251. The van der Waals surface area contributed by atoms with E-state index in [2.05, 4.69) is 5.32 Å². The van der Waals surface area contributed by atoms with Crippen LogP contribution in [0.2, 0.25) is 0 Å². The molecule has 3 heteroatoms. The van der Waals surface area contributed by atoms with Crippen LogP contribution in [0.15, 0.2) is 0 Å². The standard InChI is InChI=1S/C7H16N2O/c8-7-5-9-3-1-6(7)2-4-10/h6-7,9-10H,1-5,8H2. The summed E-state index contributed by atoms with van der Waals surface area (Å²) in [7, 11) is 0. The summed E-state index contributed by atoms with van der Waals surface area (Å²) in [6.07, 6.45) is 1.98. The molecule has 0 aromatic heterocycles. The van der Waals surface area contributed by atoms with E-state index in [1.807, 2.05) is 0 Å². The molecule has 3 nitrogen and oxygen atoms in total. The van der Waals surface area contributed by atoms with Gasteiger partial charge >= 0.3 is 0 Å². The zero-order valence-electron chi connectivity index (χ0n) is 6.21. The van der Waals surface area contributed by atoms with Gasteiger partial charge in [0.1, 0.15) is 0 Å². The lowest BCUT2D eigenvalue weighted by Crippen LogP contribution is -2.46. The number of nitrogens with two attached hydrogens (primary N) is 1. The molecule has 10 heavy (non-hydrogen) atoms. The first kappa shape index (κ1) is 7.98. The van der Waals surface area contributed by atoms with E-state index >= 15 is 0 Å². The van der Waals surface area contributed by atoms with E-state index in [9.17, 15) is 0 Å². The molecule has 2 atom stereocenters. The summed E-state index contributed by atoms with van der Waals surface area (Å²) in [5.41, 5.74) is 5.79. The zero-order valence-corrected chi connectivity index (χ0v) is 6.21. The van der Waals surface area contributed by atoms with Gasteiger partial charge in [0.15, 0.2) is 0 Å². The highest BCUT2D eigenvalue weighted by molar-refractivity contribution is 4.80. The molecule has 1 fully saturated rings. The van der Waals surface area contributed by atoms with Gasteiger partial charge in [-0.3, -0.25) is 0 Å². The molecular formula is C7H16N2O. The van der Waals surface area contributed by atoms with Crippen molar-refractivity contribution in [1.82, 2.24) is 5.32 Å². The first-order valence-corrected chi connectivity index (χ1v) is 3.91. The number of rotatable bonds is 2. The summed E-state index contributed by atoms with van der Waals surface area (Å²) in [5.74, 6) is 0.534. The Labute approximate surface area is 61.6 Å². The average Bonchev–Trinajstić information content (AvgIpc) is 1.94. The van der Waals surface area contributed by atoms with Crippen LogP contribution in [0, 0.1) is 5.92 Å². The molecule has 0 amide bonds. The molecule has 1 heterocycles. The summed E-state index contributed by atoms with van der Waals surface area (Å²) in [4.78, 5) is 0. The van der Waals surface area contributed by atoms with E-state index in [-0.39, 0.29) is 12.6 Å². The van der Waals surface area contributed by atoms with Crippen molar-refractivity contribution in [3.63, 3.8) is 0 Å². The normalized spacial score (nSPS) is 34.2. The Morgan fingerprint density at radius 1 is 1.60 bits per heavy atom. The molecular weight excluding hydrogens is 128 g/mol. The Bertz CT molecular complexity index is 95.6. The molecule has 1 aliphatic rings. The van der Waals surface area contributed by atoms with E-state index in [1.165, 1.54) is 0 Å². The summed E-state index contributed by atoms with van der Waals surface area (Å²) in [5, 5.41) is 11.9. The third kappa shape index (κ3) is 1.94. The number of aliphatic hydroxyl groups is 1. The van der Waals surface area contributed by atoms with Gasteiger partial charge in [-0.25, -0.2) is 0 Å². The fourth-order valence-electron chi connectivity index (χ4n) is 1.46. The Morgan fingerprint density at radius 3 is 3.00 bits per heavy atom. The predicted molar refractivity (Wildman–Crippen MR) is 40.7 cm³/mol. The Kier molecular flexibility index (Phi) is 3.12. The van der Waals surface area contributed by atoms with Crippen LogP contribution < -0.4 is 11.1 Å². The summed E-state index contributed by atoms with van der Waals surface area (Å²) >= 11 is 0. The van der Waals surface area contributed by atoms with E-state index in [4.69, 9.17) is 10.8 Å². The maximum Gasteiger partial charge on any atom is 0.0434 e. The molecule has 0 bridgehead atoms. The molecule has 0 aliphatic carbocycles. The van der Waals surface area contributed by atoms with Crippen LogP contribution in [-0.2, 0) is 0 Å². The topological polar surface area (TPSA) is 58.3 Å². The van der Waals surface area contributed by atoms with Gasteiger partial charge in [0.2, 0.25) is 0 Å². The van der Waals surface area contributed by atoms with Crippen molar-refractivity contribution in [2.45, 2.75) is 18.9 Å². The first-order valence-electron chi connectivity index (χ1n) is 3.91. The van der Waals surface area contributed by atoms with E-state index in [1.54, 1.807) is 0 Å². The molecule has 1 rings (SSSR count). The molecule has 0 radical (unpaired) electrons. The van der Waals surface area contributed by atoms with Crippen molar-refractivity contribution < 1.29 is 5.11 Å². The third-order valence-electron chi connectivity index (χ3n) is 2.18. The van der Waals surface area contributed by atoms with Crippen LogP contribution in [0.25, 0.3) is 0 Å². The maximum atomic E-state index is 8.66. The van der Waals surface area contributed by atoms with Gasteiger partial charge in [0.25, 0.3) is 0 Å². The highest BCUT2D eigenvalue weighted by atomic mass is 16.3. The fourth-order valence-corrected chi connectivity index (χ4v) is 1.46. The second-order valence-corrected chi connectivity index (χ2v) is 2.93. The Morgan fingerprint density at radius 2 is 2.40 bits per heavy atom. The van der Waals surface area contributed by atoms with Gasteiger partial charge in [-0.15, -0.1) is 0 Å². The number of piperidine rings is 1. The average molecular weight is 144 g/mol. The van der Waals surface area contributed by atoms with Gasteiger partial charge in [-0.2, -0.15) is 0 Å². The molecule has 0 saturated carbocycles. The van der Waals surface area contributed by atoms with Crippen LogP contribution >= 0.6 is 0 Å². The van der Waals surface area contributed by atoms with Crippen molar-refractivity contribution in [2.75, 3.05) is 19.7 Å². The lowest BCUT2D eigenvalue weighted by molar-refractivity contribution is 0.219. The number of nitrogens with one attached hydrogen (secondary N) is 1. The quantitative estimate of drug-likeness (QED) is 0.480. The largest absolute Gasteiger partial charge is 0.396 e.